The van der Waals surface area contributed by atoms with Crippen molar-refractivity contribution in [3.8, 4) is 0 Å². The summed E-state index contributed by atoms with van der Waals surface area (Å²) in [4.78, 5) is 38.1. The van der Waals surface area contributed by atoms with Crippen molar-refractivity contribution in [1.29, 1.82) is 0 Å². The van der Waals surface area contributed by atoms with E-state index in [4.69, 9.17) is 9.47 Å². The van der Waals surface area contributed by atoms with Crippen LogP contribution in [0.25, 0.3) is 0 Å². The summed E-state index contributed by atoms with van der Waals surface area (Å²) in [5, 5.41) is 2.79. The van der Waals surface area contributed by atoms with Crippen molar-refractivity contribution < 1.29 is 23.9 Å². The predicted octanol–water partition coefficient (Wildman–Crippen LogP) is 11.7. The zero-order valence-corrected chi connectivity index (χ0v) is 31.0. The Morgan fingerprint density at radius 3 is 1.15 bits per heavy atom. The second-order valence-corrected chi connectivity index (χ2v) is 13.7. The van der Waals surface area contributed by atoms with E-state index in [0.717, 1.165) is 57.8 Å². The van der Waals surface area contributed by atoms with Gasteiger partial charge in [-0.3, -0.25) is 9.59 Å². The Hall–Kier alpha value is -1.59. The van der Waals surface area contributed by atoms with Gasteiger partial charge in [0.2, 0.25) is 5.91 Å². The first-order chi connectivity index (χ1) is 22.5. The molecule has 1 amide bonds. The molecule has 6 nitrogen and oxygen atoms in total. The monoisotopic (exact) mass is 652 g/mol. The normalized spacial score (nSPS) is 11.8. The molecule has 6 heteroatoms. The highest BCUT2D eigenvalue weighted by molar-refractivity contribution is 5.88. The van der Waals surface area contributed by atoms with Gasteiger partial charge in [0, 0.05) is 6.42 Å². The fourth-order valence-electron chi connectivity index (χ4n) is 5.92. The Bertz CT molecular complexity index is 683. The largest absolute Gasteiger partial charge is 0.466 e. The number of amides is 1. The summed E-state index contributed by atoms with van der Waals surface area (Å²) < 4.78 is 10.9. The molecule has 0 unspecified atom stereocenters. The van der Waals surface area contributed by atoms with Crippen LogP contribution in [-0.2, 0) is 23.9 Å². The van der Waals surface area contributed by atoms with Gasteiger partial charge in [-0.05, 0) is 19.3 Å². The molecular formula is C40H77NO5. The molecule has 0 aliphatic carbocycles. The van der Waals surface area contributed by atoms with E-state index in [-0.39, 0.29) is 12.3 Å². The van der Waals surface area contributed by atoms with Crippen molar-refractivity contribution in [1.82, 2.24) is 5.32 Å². The summed E-state index contributed by atoms with van der Waals surface area (Å²) in [7, 11) is 0. The Kier molecular flexibility index (Phi) is 35.0. The topological polar surface area (TPSA) is 81.7 Å². The zero-order valence-electron chi connectivity index (χ0n) is 31.0. The number of hydrogen-bond donors (Lipinski definition) is 1. The molecule has 272 valence electrons. The molecule has 0 aromatic heterocycles. The highest BCUT2D eigenvalue weighted by atomic mass is 16.5. The van der Waals surface area contributed by atoms with Crippen molar-refractivity contribution in [3.63, 3.8) is 0 Å². The van der Waals surface area contributed by atoms with Gasteiger partial charge in [0.25, 0.3) is 0 Å². The number of unbranched alkanes of at least 4 members (excludes halogenated alkanes) is 26. The standard InChI is InChI=1S/C40H77NO5/c1-4-7-10-13-16-18-20-21-22-23-25-27-30-33-38(42)41-37(40(44)46-35-32-28-15-12-9-6-3)36-39(43)45-34-31-29-26-24-19-17-14-11-8-5-2/h37H,4-36H2,1-3H3,(H,41,42)/t37-/m0/s1. The van der Waals surface area contributed by atoms with E-state index in [2.05, 4.69) is 26.1 Å². The lowest BCUT2D eigenvalue weighted by molar-refractivity contribution is -0.154. The minimum absolute atomic E-state index is 0.169. The van der Waals surface area contributed by atoms with E-state index in [1.807, 2.05) is 0 Å². The average molecular weight is 652 g/mol. The van der Waals surface area contributed by atoms with Crippen molar-refractivity contribution in [2.45, 2.75) is 226 Å². The molecule has 0 rings (SSSR count). The SMILES string of the molecule is CCCCCCCCCCCCCCCC(=O)N[C@@H](CC(=O)OCCCCCCCCCCCC)C(=O)OCCCCCCCC. The summed E-state index contributed by atoms with van der Waals surface area (Å²) in [6, 6.07) is -0.977. The molecule has 0 aliphatic rings. The van der Waals surface area contributed by atoms with Gasteiger partial charge in [0.05, 0.1) is 19.6 Å². The maximum absolute atomic E-state index is 12.9. The second kappa shape index (κ2) is 36.2. The van der Waals surface area contributed by atoms with Crippen molar-refractivity contribution >= 4 is 17.8 Å². The van der Waals surface area contributed by atoms with Crippen molar-refractivity contribution in [3.05, 3.63) is 0 Å². The van der Waals surface area contributed by atoms with Gasteiger partial charge < -0.3 is 14.8 Å². The van der Waals surface area contributed by atoms with Crippen molar-refractivity contribution in [2.24, 2.45) is 0 Å². The molecule has 0 radical (unpaired) electrons. The van der Waals surface area contributed by atoms with E-state index in [1.54, 1.807) is 0 Å². The van der Waals surface area contributed by atoms with Crippen LogP contribution < -0.4 is 5.32 Å². The van der Waals surface area contributed by atoms with Crippen LogP contribution in [0.15, 0.2) is 0 Å². The van der Waals surface area contributed by atoms with Crippen LogP contribution in [0.2, 0.25) is 0 Å². The molecule has 1 N–H and O–H groups in total. The van der Waals surface area contributed by atoms with Gasteiger partial charge >= 0.3 is 11.9 Å². The summed E-state index contributed by atoms with van der Waals surface area (Å²) >= 11 is 0. The molecule has 0 aromatic rings. The maximum atomic E-state index is 12.9. The number of carbonyl (C=O) groups excluding carboxylic acids is 3. The van der Waals surface area contributed by atoms with Gasteiger partial charge in [-0.1, -0.05) is 188 Å². The third-order valence-electron chi connectivity index (χ3n) is 9.00. The lowest BCUT2D eigenvalue weighted by Crippen LogP contribution is -2.43. The number of carbonyl (C=O) groups is 3. The first-order valence-corrected chi connectivity index (χ1v) is 20.2. The average Bonchev–Trinajstić information content (AvgIpc) is 3.05. The van der Waals surface area contributed by atoms with Crippen LogP contribution in [0.1, 0.15) is 220 Å². The van der Waals surface area contributed by atoms with Crippen LogP contribution in [0, 0.1) is 0 Å². The fourth-order valence-corrected chi connectivity index (χ4v) is 5.92. The highest BCUT2D eigenvalue weighted by Gasteiger charge is 2.26. The first kappa shape index (κ1) is 44.4. The van der Waals surface area contributed by atoms with Crippen LogP contribution in [0.3, 0.4) is 0 Å². The Balaban J connectivity index is 4.28. The minimum atomic E-state index is -0.977. The van der Waals surface area contributed by atoms with Gasteiger partial charge in [0.15, 0.2) is 0 Å². The summed E-state index contributed by atoms with van der Waals surface area (Å²) in [6.07, 6.45) is 35.2. The van der Waals surface area contributed by atoms with E-state index in [0.29, 0.717) is 19.6 Å². The van der Waals surface area contributed by atoms with Gasteiger partial charge in [-0.15, -0.1) is 0 Å². The number of nitrogens with one attached hydrogen (secondary N) is 1. The maximum Gasteiger partial charge on any atom is 0.329 e. The van der Waals surface area contributed by atoms with Gasteiger partial charge in [-0.25, -0.2) is 4.79 Å². The second-order valence-electron chi connectivity index (χ2n) is 13.7. The van der Waals surface area contributed by atoms with Gasteiger partial charge in [-0.2, -0.15) is 0 Å². The molecule has 0 bridgehead atoms. The van der Waals surface area contributed by atoms with Crippen LogP contribution in [0.5, 0.6) is 0 Å². The van der Waals surface area contributed by atoms with E-state index in [1.165, 1.54) is 128 Å². The van der Waals surface area contributed by atoms with Crippen LogP contribution in [-0.4, -0.2) is 37.1 Å². The van der Waals surface area contributed by atoms with E-state index >= 15 is 0 Å². The Labute approximate surface area is 285 Å². The van der Waals surface area contributed by atoms with Gasteiger partial charge in [0.1, 0.15) is 6.04 Å². The van der Waals surface area contributed by atoms with E-state index < -0.39 is 18.0 Å². The molecular weight excluding hydrogens is 574 g/mol. The molecule has 46 heavy (non-hydrogen) atoms. The lowest BCUT2D eigenvalue weighted by atomic mass is 10.0. The first-order valence-electron chi connectivity index (χ1n) is 20.2. The Morgan fingerprint density at radius 2 is 0.761 bits per heavy atom. The fraction of sp³-hybridized carbons (Fsp3) is 0.925. The smallest absolute Gasteiger partial charge is 0.329 e. The van der Waals surface area contributed by atoms with E-state index in [9.17, 15) is 14.4 Å². The molecule has 0 aromatic carbocycles. The summed E-state index contributed by atoms with van der Waals surface area (Å²) in [5.74, 6) is -1.16. The number of rotatable bonds is 36. The van der Waals surface area contributed by atoms with Crippen molar-refractivity contribution in [2.75, 3.05) is 13.2 Å². The molecule has 0 aliphatic heterocycles. The molecule has 0 spiro atoms. The minimum Gasteiger partial charge on any atom is -0.466 e. The molecule has 0 fully saturated rings. The summed E-state index contributed by atoms with van der Waals surface area (Å²) in [5.41, 5.74) is 0. The number of esters is 2. The highest BCUT2D eigenvalue weighted by Crippen LogP contribution is 2.14. The quantitative estimate of drug-likeness (QED) is 0.0538. The summed E-state index contributed by atoms with van der Waals surface area (Å²) in [6.45, 7) is 7.38. The lowest BCUT2D eigenvalue weighted by Gasteiger charge is -2.17. The van der Waals surface area contributed by atoms with Crippen LogP contribution in [0.4, 0.5) is 0 Å². The third kappa shape index (κ3) is 32.4. The molecule has 0 heterocycles. The number of hydrogen-bond acceptors (Lipinski definition) is 5. The number of ether oxygens (including phenoxy) is 2. The van der Waals surface area contributed by atoms with Crippen LogP contribution >= 0.6 is 0 Å². The predicted molar refractivity (Wildman–Crippen MR) is 194 cm³/mol. The zero-order chi connectivity index (χ0) is 33.8. The Morgan fingerprint density at radius 1 is 0.435 bits per heavy atom. The molecule has 1 atom stereocenters. The third-order valence-corrected chi connectivity index (χ3v) is 9.00. The molecule has 0 saturated carbocycles. The molecule has 0 saturated heterocycles.